The Kier molecular flexibility index (Phi) is 8.07. The van der Waals surface area contributed by atoms with Gasteiger partial charge in [-0.3, -0.25) is 0 Å². The average molecular weight is 398 g/mol. The van der Waals surface area contributed by atoms with Gasteiger partial charge in [0.2, 0.25) is 10.0 Å². The number of amides is 1. The molecule has 152 valence electrons. The maximum atomic E-state index is 12.5. The molecule has 2 N–H and O–H groups in total. The highest BCUT2D eigenvalue weighted by atomic mass is 32.2. The third kappa shape index (κ3) is 7.12. The number of carbonyl (C=O) groups excluding carboxylic acids is 1. The zero-order valence-corrected chi connectivity index (χ0v) is 17.2. The summed E-state index contributed by atoms with van der Waals surface area (Å²) in [4.78, 5) is 14.1. The van der Waals surface area contributed by atoms with Crippen molar-refractivity contribution < 1.29 is 17.9 Å². The van der Waals surface area contributed by atoms with Crippen molar-refractivity contribution in [2.75, 3.05) is 19.6 Å². The van der Waals surface area contributed by atoms with Gasteiger partial charge in [-0.1, -0.05) is 30.3 Å². The van der Waals surface area contributed by atoms with E-state index in [1.807, 2.05) is 30.3 Å². The quantitative estimate of drug-likeness (QED) is 0.701. The van der Waals surface area contributed by atoms with Crippen molar-refractivity contribution in [3.05, 3.63) is 35.9 Å². The van der Waals surface area contributed by atoms with E-state index in [-0.39, 0.29) is 19.2 Å². The maximum absolute atomic E-state index is 12.5. The average Bonchev–Trinajstić information content (AvgIpc) is 2.65. The molecule has 1 amide bonds. The van der Waals surface area contributed by atoms with Gasteiger partial charge < -0.3 is 15.0 Å². The molecule has 1 saturated heterocycles. The Labute approximate surface area is 162 Å². The lowest BCUT2D eigenvalue weighted by atomic mass is 10.1. The summed E-state index contributed by atoms with van der Waals surface area (Å²) in [5.74, 6) is 0. The van der Waals surface area contributed by atoms with Crippen LogP contribution in [0.25, 0.3) is 0 Å². The summed E-state index contributed by atoms with van der Waals surface area (Å²) in [5.41, 5.74) is 0.878. The minimum atomic E-state index is -3.50. The molecule has 2 rings (SSSR count). The van der Waals surface area contributed by atoms with E-state index in [2.05, 4.69) is 28.8 Å². The molecular weight excluding hydrogens is 366 g/mol. The minimum Gasteiger partial charge on any atom is -0.445 e. The summed E-state index contributed by atoms with van der Waals surface area (Å²) in [5, 5.41) is 1.80. The van der Waals surface area contributed by atoms with Crippen LogP contribution in [0.4, 0.5) is 4.79 Å². The van der Waals surface area contributed by atoms with Gasteiger partial charge >= 0.3 is 6.09 Å². The molecule has 8 heteroatoms. The van der Waals surface area contributed by atoms with E-state index in [4.69, 9.17) is 4.74 Å². The zero-order chi connectivity index (χ0) is 19.9. The molecule has 0 aliphatic carbocycles. The predicted octanol–water partition coefficient (Wildman–Crippen LogP) is 2.09. The molecule has 7 nitrogen and oxygen atoms in total. The zero-order valence-electron chi connectivity index (χ0n) is 16.3. The van der Waals surface area contributed by atoms with E-state index in [9.17, 15) is 13.2 Å². The monoisotopic (exact) mass is 397 g/mol. The molecule has 1 aliphatic heterocycles. The third-order valence-electron chi connectivity index (χ3n) is 4.87. The van der Waals surface area contributed by atoms with Crippen LogP contribution < -0.4 is 10.0 Å². The molecule has 1 aromatic rings. The Morgan fingerprint density at radius 1 is 1.19 bits per heavy atom. The number of sulfonamides is 1. The second-order valence-electron chi connectivity index (χ2n) is 7.32. The molecule has 1 fully saturated rings. The number of ether oxygens (including phenoxy) is 1. The van der Waals surface area contributed by atoms with Gasteiger partial charge in [-0.15, -0.1) is 0 Å². The number of piperidine rings is 1. The molecule has 1 aromatic carbocycles. The van der Waals surface area contributed by atoms with Gasteiger partial charge in [0.15, 0.2) is 0 Å². The number of benzene rings is 1. The molecule has 0 spiro atoms. The number of likely N-dealkylation sites (tertiary alicyclic amines) is 1. The van der Waals surface area contributed by atoms with Crippen molar-refractivity contribution in [3.8, 4) is 0 Å². The van der Waals surface area contributed by atoms with Crippen molar-refractivity contribution >= 4 is 16.1 Å². The number of hydrogen-bond donors (Lipinski definition) is 2. The summed E-state index contributed by atoms with van der Waals surface area (Å²) in [6, 6.07) is 9.76. The number of nitrogens with zero attached hydrogens (tertiary/aromatic N) is 1. The van der Waals surface area contributed by atoms with Crippen LogP contribution >= 0.6 is 0 Å². The minimum absolute atomic E-state index is 0.00773. The van der Waals surface area contributed by atoms with E-state index in [0.717, 1.165) is 31.5 Å². The number of nitrogens with one attached hydrogen (secondary N) is 2. The fraction of sp³-hybridized carbons (Fsp3) is 0.632. The number of carbonyl (C=O) groups is 1. The number of rotatable bonds is 8. The van der Waals surface area contributed by atoms with Gasteiger partial charge in [0.1, 0.15) is 6.61 Å². The highest BCUT2D eigenvalue weighted by Gasteiger charge is 2.28. The summed E-state index contributed by atoms with van der Waals surface area (Å²) in [7, 11) is -3.50. The second kappa shape index (κ2) is 10.1. The Bertz CT molecular complexity index is 686. The molecule has 1 aliphatic rings. The van der Waals surface area contributed by atoms with Gasteiger partial charge in [0.25, 0.3) is 0 Å². The van der Waals surface area contributed by atoms with Crippen LogP contribution in [0, 0.1) is 0 Å². The van der Waals surface area contributed by atoms with Gasteiger partial charge in [0, 0.05) is 18.6 Å². The van der Waals surface area contributed by atoms with Crippen molar-refractivity contribution in [2.24, 2.45) is 0 Å². The Balaban J connectivity index is 1.72. The van der Waals surface area contributed by atoms with Crippen LogP contribution in [0.3, 0.4) is 0 Å². The first-order valence-electron chi connectivity index (χ1n) is 9.47. The molecule has 0 aromatic heterocycles. The molecule has 0 radical (unpaired) electrons. The first-order chi connectivity index (χ1) is 12.8. The lowest BCUT2D eigenvalue weighted by Gasteiger charge is -2.35. The molecule has 0 bridgehead atoms. The molecule has 1 heterocycles. The summed E-state index contributed by atoms with van der Waals surface area (Å²) in [6.45, 7) is 7.83. The van der Waals surface area contributed by atoms with Gasteiger partial charge in [-0.25, -0.2) is 17.9 Å². The number of alkyl carbamates (subject to hydrolysis) is 1. The summed E-state index contributed by atoms with van der Waals surface area (Å²) in [6.07, 6.45) is 0.985. The third-order valence-corrected chi connectivity index (χ3v) is 6.76. The van der Waals surface area contributed by atoms with Crippen LogP contribution in [0.5, 0.6) is 0 Å². The standard InChI is InChI=1S/C19H31N3O4S/c1-15(2)22-11-9-18(10-12-22)21-27(24,25)16(3)13-20-19(23)26-14-17-7-5-4-6-8-17/h4-8,15-16,18,21H,9-14H2,1-3H3,(H,20,23). The highest BCUT2D eigenvalue weighted by Crippen LogP contribution is 2.14. The molecule has 27 heavy (non-hydrogen) atoms. The van der Waals surface area contributed by atoms with Crippen LogP contribution in [0.1, 0.15) is 39.2 Å². The van der Waals surface area contributed by atoms with E-state index in [0.29, 0.717) is 6.04 Å². The molecular formula is C19H31N3O4S. The van der Waals surface area contributed by atoms with Crippen molar-refractivity contribution in [1.82, 2.24) is 14.9 Å². The Hall–Kier alpha value is -1.64. The second-order valence-corrected chi connectivity index (χ2v) is 9.45. The van der Waals surface area contributed by atoms with E-state index < -0.39 is 21.4 Å². The smallest absolute Gasteiger partial charge is 0.407 e. The van der Waals surface area contributed by atoms with E-state index >= 15 is 0 Å². The topological polar surface area (TPSA) is 87.7 Å². The van der Waals surface area contributed by atoms with Gasteiger partial charge in [0.05, 0.1) is 5.25 Å². The van der Waals surface area contributed by atoms with Crippen LogP contribution in [0.15, 0.2) is 30.3 Å². The van der Waals surface area contributed by atoms with E-state index in [1.54, 1.807) is 6.92 Å². The lowest BCUT2D eigenvalue weighted by Crippen LogP contribution is -2.49. The fourth-order valence-corrected chi connectivity index (χ4v) is 4.23. The maximum Gasteiger partial charge on any atom is 0.407 e. The molecule has 1 atom stereocenters. The van der Waals surface area contributed by atoms with Crippen LogP contribution in [-0.4, -0.2) is 56.4 Å². The van der Waals surface area contributed by atoms with Gasteiger partial charge in [-0.2, -0.15) is 0 Å². The Morgan fingerprint density at radius 2 is 1.81 bits per heavy atom. The van der Waals surface area contributed by atoms with Crippen LogP contribution in [-0.2, 0) is 21.4 Å². The van der Waals surface area contributed by atoms with Crippen LogP contribution in [0.2, 0.25) is 0 Å². The SMILES string of the molecule is CC(C)N1CCC(NS(=O)(=O)C(C)CNC(=O)OCc2ccccc2)CC1. The highest BCUT2D eigenvalue weighted by molar-refractivity contribution is 7.90. The van der Waals surface area contributed by atoms with Crippen molar-refractivity contribution in [2.45, 2.75) is 57.6 Å². The van der Waals surface area contributed by atoms with Crippen molar-refractivity contribution in [1.29, 1.82) is 0 Å². The first-order valence-corrected chi connectivity index (χ1v) is 11.0. The normalized spacial score (nSPS) is 17.6. The summed E-state index contributed by atoms with van der Waals surface area (Å²) >= 11 is 0. The first kappa shape index (κ1) is 21.7. The molecule has 0 saturated carbocycles. The fourth-order valence-electron chi connectivity index (χ4n) is 2.99. The lowest BCUT2D eigenvalue weighted by molar-refractivity contribution is 0.139. The summed E-state index contributed by atoms with van der Waals surface area (Å²) < 4.78 is 32.9. The predicted molar refractivity (Wildman–Crippen MR) is 106 cm³/mol. The molecule has 1 unspecified atom stereocenters. The largest absolute Gasteiger partial charge is 0.445 e. The number of hydrogen-bond acceptors (Lipinski definition) is 5. The van der Waals surface area contributed by atoms with Gasteiger partial charge in [-0.05, 0) is 52.3 Å². The van der Waals surface area contributed by atoms with E-state index in [1.165, 1.54) is 0 Å². The van der Waals surface area contributed by atoms with Crippen molar-refractivity contribution in [3.63, 3.8) is 0 Å². The Morgan fingerprint density at radius 3 is 2.41 bits per heavy atom.